The van der Waals surface area contributed by atoms with Crippen LogP contribution in [0.1, 0.15) is 11.1 Å². The average Bonchev–Trinajstić information content (AvgIpc) is 3.03. The number of nitrogens with zero attached hydrogens (tertiary/aromatic N) is 5. The molecule has 0 spiro atoms. The third-order valence-electron chi connectivity index (χ3n) is 8.02. The maximum atomic E-state index is 10.7. The average molecular weight is 634 g/mol. The van der Waals surface area contributed by atoms with Gasteiger partial charge in [-0.15, -0.1) is 0 Å². The number of rotatable bonds is 7. The Morgan fingerprint density at radius 3 is 1.41 bits per heavy atom. The van der Waals surface area contributed by atoms with E-state index in [4.69, 9.17) is 28.9 Å². The standard InChI is InChI=1S/C17H18ClN3O2.C17H20ClN3/c18-15-3-1-2-14(12-15)13-19-8-10-20(11-9-19)16-4-6-17(7-5-16)21(22)23;18-15-3-1-2-14(12-15)13-20-8-10-21(11-9-20)17-6-4-16(19)5-7-17/h1-7,12H,8-11,13H2;1-7,12H,8-11,13,19H2. The van der Waals surface area contributed by atoms with E-state index in [-0.39, 0.29) is 10.6 Å². The highest BCUT2D eigenvalue weighted by molar-refractivity contribution is 6.30. The third-order valence-corrected chi connectivity index (χ3v) is 8.49. The molecule has 0 saturated carbocycles. The molecular weight excluding hydrogens is 595 g/mol. The first-order chi connectivity index (χ1) is 21.3. The molecule has 6 rings (SSSR count). The first-order valence-electron chi connectivity index (χ1n) is 14.9. The summed E-state index contributed by atoms with van der Waals surface area (Å²) < 4.78 is 0. The van der Waals surface area contributed by atoms with Crippen LogP contribution in [0.25, 0.3) is 0 Å². The number of hydrogen-bond donors (Lipinski definition) is 1. The number of non-ortho nitro benzene ring substituents is 1. The molecule has 2 N–H and O–H groups in total. The lowest BCUT2D eigenvalue weighted by Gasteiger charge is -2.36. The van der Waals surface area contributed by atoms with E-state index in [0.29, 0.717) is 0 Å². The second-order valence-electron chi connectivity index (χ2n) is 11.2. The molecule has 2 heterocycles. The maximum Gasteiger partial charge on any atom is 0.269 e. The molecule has 0 aromatic heterocycles. The molecule has 0 atom stereocenters. The summed E-state index contributed by atoms with van der Waals surface area (Å²) in [7, 11) is 0. The summed E-state index contributed by atoms with van der Waals surface area (Å²) in [4.78, 5) is 19.9. The predicted molar refractivity (Wildman–Crippen MR) is 182 cm³/mol. The molecule has 44 heavy (non-hydrogen) atoms. The van der Waals surface area contributed by atoms with E-state index >= 15 is 0 Å². The van der Waals surface area contributed by atoms with Crippen molar-refractivity contribution in [2.75, 3.05) is 67.9 Å². The van der Waals surface area contributed by atoms with E-state index in [9.17, 15) is 10.1 Å². The van der Waals surface area contributed by atoms with Gasteiger partial charge in [0, 0.05) is 105 Å². The van der Waals surface area contributed by atoms with Gasteiger partial charge in [-0.05, 0) is 71.8 Å². The zero-order chi connectivity index (χ0) is 30.9. The molecule has 0 amide bonds. The first-order valence-corrected chi connectivity index (χ1v) is 15.6. The van der Waals surface area contributed by atoms with Gasteiger partial charge in [0.1, 0.15) is 0 Å². The van der Waals surface area contributed by atoms with Gasteiger partial charge >= 0.3 is 0 Å². The number of piperazine rings is 2. The van der Waals surface area contributed by atoms with Crippen LogP contribution < -0.4 is 15.5 Å². The Morgan fingerprint density at radius 1 is 0.614 bits per heavy atom. The smallest absolute Gasteiger partial charge is 0.269 e. The van der Waals surface area contributed by atoms with Crippen LogP contribution in [0.3, 0.4) is 0 Å². The van der Waals surface area contributed by atoms with Gasteiger partial charge in [-0.25, -0.2) is 0 Å². The van der Waals surface area contributed by atoms with Crippen molar-refractivity contribution in [1.82, 2.24) is 9.80 Å². The van der Waals surface area contributed by atoms with Gasteiger partial charge in [0.05, 0.1) is 4.92 Å². The maximum absolute atomic E-state index is 10.7. The Kier molecular flexibility index (Phi) is 11.0. The fourth-order valence-corrected chi connectivity index (χ4v) is 6.01. The zero-order valence-electron chi connectivity index (χ0n) is 24.7. The number of halogens is 2. The molecule has 8 nitrogen and oxygen atoms in total. The first kappa shape index (κ1) is 31.6. The normalized spacial score (nSPS) is 15.9. The van der Waals surface area contributed by atoms with Gasteiger partial charge in [0.2, 0.25) is 0 Å². The number of nitrogens with two attached hydrogens (primary N) is 1. The molecule has 10 heteroatoms. The Balaban J connectivity index is 0.000000175. The van der Waals surface area contributed by atoms with Crippen LogP contribution in [0.5, 0.6) is 0 Å². The minimum atomic E-state index is -0.368. The number of benzene rings is 4. The van der Waals surface area contributed by atoms with Crippen LogP contribution in [0.15, 0.2) is 97.1 Å². The number of nitro benzene ring substituents is 1. The van der Waals surface area contributed by atoms with E-state index < -0.39 is 0 Å². The van der Waals surface area contributed by atoms with Crippen LogP contribution in [-0.4, -0.2) is 67.1 Å². The molecule has 0 radical (unpaired) electrons. The van der Waals surface area contributed by atoms with Gasteiger partial charge in [-0.3, -0.25) is 19.9 Å². The molecule has 230 valence electrons. The van der Waals surface area contributed by atoms with E-state index in [2.05, 4.69) is 43.9 Å². The second-order valence-corrected chi connectivity index (χ2v) is 12.0. The highest BCUT2D eigenvalue weighted by atomic mass is 35.5. The highest BCUT2D eigenvalue weighted by Crippen LogP contribution is 2.22. The third kappa shape index (κ3) is 9.09. The monoisotopic (exact) mass is 632 g/mol. The van der Waals surface area contributed by atoms with Gasteiger partial charge < -0.3 is 15.5 Å². The van der Waals surface area contributed by atoms with Crippen molar-refractivity contribution in [3.63, 3.8) is 0 Å². The quantitative estimate of drug-likeness (QED) is 0.136. The van der Waals surface area contributed by atoms with E-state index in [0.717, 1.165) is 86.9 Å². The van der Waals surface area contributed by atoms with Crippen LogP contribution in [0.2, 0.25) is 10.0 Å². The largest absolute Gasteiger partial charge is 0.399 e. The molecule has 2 saturated heterocycles. The number of nitrogen functional groups attached to an aromatic ring is 1. The molecule has 2 aliphatic heterocycles. The van der Waals surface area contributed by atoms with Gasteiger partial charge in [0.25, 0.3) is 5.69 Å². The van der Waals surface area contributed by atoms with E-state index in [1.54, 1.807) is 12.1 Å². The minimum absolute atomic E-state index is 0.133. The van der Waals surface area contributed by atoms with E-state index in [1.807, 2.05) is 60.7 Å². The van der Waals surface area contributed by atoms with Gasteiger partial charge in [0.15, 0.2) is 0 Å². The summed E-state index contributed by atoms with van der Waals surface area (Å²) in [5, 5.41) is 12.3. The lowest BCUT2D eigenvalue weighted by atomic mass is 10.2. The molecule has 0 aliphatic carbocycles. The molecule has 4 aromatic carbocycles. The topological polar surface area (TPSA) is 82.1 Å². The SMILES string of the molecule is Nc1ccc(N2CCN(Cc3cccc(Cl)c3)CC2)cc1.O=[N+]([O-])c1ccc(N2CCN(Cc3cccc(Cl)c3)CC2)cc1. The molecule has 0 bridgehead atoms. The summed E-state index contributed by atoms with van der Waals surface area (Å²) in [6, 6.07) is 31.0. The van der Waals surface area contributed by atoms with Crippen molar-refractivity contribution in [3.8, 4) is 0 Å². The Bertz CT molecular complexity index is 1500. The Morgan fingerprint density at radius 2 is 1.02 bits per heavy atom. The highest BCUT2D eigenvalue weighted by Gasteiger charge is 2.19. The molecule has 2 aliphatic rings. The summed E-state index contributed by atoms with van der Waals surface area (Å²) in [6.07, 6.45) is 0. The number of nitro groups is 1. The zero-order valence-corrected chi connectivity index (χ0v) is 26.2. The fraction of sp³-hybridized carbons (Fsp3) is 0.294. The van der Waals surface area contributed by atoms with E-state index in [1.165, 1.54) is 16.8 Å². The van der Waals surface area contributed by atoms with Crippen molar-refractivity contribution in [2.24, 2.45) is 0 Å². The van der Waals surface area contributed by atoms with Crippen LogP contribution in [0.4, 0.5) is 22.7 Å². The van der Waals surface area contributed by atoms with Crippen LogP contribution in [0, 0.1) is 10.1 Å². The van der Waals surface area contributed by atoms with Crippen molar-refractivity contribution in [3.05, 3.63) is 128 Å². The van der Waals surface area contributed by atoms with Crippen molar-refractivity contribution < 1.29 is 4.92 Å². The summed E-state index contributed by atoms with van der Waals surface area (Å²) in [6.45, 7) is 9.84. The van der Waals surface area contributed by atoms with Crippen molar-refractivity contribution >= 4 is 46.0 Å². The Hall–Kier alpha value is -3.82. The van der Waals surface area contributed by atoms with Crippen LogP contribution in [-0.2, 0) is 13.1 Å². The lowest BCUT2D eigenvalue weighted by Crippen LogP contribution is -2.45. The second kappa shape index (κ2) is 15.3. The van der Waals surface area contributed by atoms with Gasteiger partial charge in [-0.2, -0.15) is 0 Å². The van der Waals surface area contributed by atoms with Crippen molar-refractivity contribution in [2.45, 2.75) is 13.1 Å². The number of hydrogen-bond acceptors (Lipinski definition) is 7. The molecular formula is C34H38Cl2N6O2. The molecule has 2 fully saturated rings. The minimum Gasteiger partial charge on any atom is -0.399 e. The number of anilines is 3. The van der Waals surface area contributed by atoms with Crippen molar-refractivity contribution in [1.29, 1.82) is 0 Å². The van der Waals surface area contributed by atoms with Gasteiger partial charge in [-0.1, -0.05) is 47.5 Å². The lowest BCUT2D eigenvalue weighted by molar-refractivity contribution is -0.384. The summed E-state index contributed by atoms with van der Waals surface area (Å²) >= 11 is 12.1. The Labute approximate surface area is 269 Å². The predicted octanol–water partition coefficient (Wildman–Crippen LogP) is 6.81. The fourth-order valence-electron chi connectivity index (χ4n) is 5.59. The summed E-state index contributed by atoms with van der Waals surface area (Å²) in [5.41, 5.74) is 11.5. The summed E-state index contributed by atoms with van der Waals surface area (Å²) in [5.74, 6) is 0. The molecule has 0 unspecified atom stereocenters. The van der Waals surface area contributed by atoms with Crippen LogP contribution >= 0.6 is 23.2 Å². The molecule has 4 aromatic rings.